The second kappa shape index (κ2) is 12.6. The molecule has 5 nitrogen and oxygen atoms in total. The molecule has 0 amide bonds. The van der Waals surface area contributed by atoms with Crippen LogP contribution >= 0.6 is 0 Å². The fourth-order valence-electron chi connectivity index (χ4n) is 2.98. The maximum Gasteiger partial charge on any atom is 0.302 e. The topological polar surface area (TPSA) is 54.0 Å². The molecule has 0 aromatic heterocycles. The Kier molecular flexibility index (Phi) is 9.95. The largest absolute Gasteiger partial charge is 0.466 e. The Bertz CT molecular complexity index is 529. The predicted molar refractivity (Wildman–Crippen MR) is 100 cm³/mol. The van der Waals surface area contributed by atoms with E-state index in [9.17, 15) is 4.79 Å². The Labute approximate surface area is 157 Å². The molecule has 1 aromatic rings. The Morgan fingerprint density at radius 3 is 2.19 bits per heavy atom. The van der Waals surface area contributed by atoms with Crippen molar-refractivity contribution in [1.29, 1.82) is 0 Å². The lowest BCUT2D eigenvalue weighted by atomic mass is 10.1. The van der Waals surface area contributed by atoms with Gasteiger partial charge in [0.2, 0.25) is 6.79 Å². The fraction of sp³-hybridized carbons (Fsp3) is 0.667. The first-order valence-corrected chi connectivity index (χ1v) is 9.85. The molecule has 0 N–H and O–H groups in total. The van der Waals surface area contributed by atoms with Gasteiger partial charge in [-0.3, -0.25) is 4.79 Å². The molecular formula is C21H32O5. The van der Waals surface area contributed by atoms with Crippen molar-refractivity contribution in [3.63, 3.8) is 0 Å². The van der Waals surface area contributed by atoms with Crippen LogP contribution in [0.2, 0.25) is 0 Å². The first-order chi connectivity index (χ1) is 12.8. The van der Waals surface area contributed by atoms with Gasteiger partial charge in [-0.15, -0.1) is 0 Å². The van der Waals surface area contributed by atoms with Crippen LogP contribution < -0.4 is 9.47 Å². The van der Waals surface area contributed by atoms with Gasteiger partial charge in [0.25, 0.3) is 0 Å². The number of hydrogen-bond donors (Lipinski definition) is 0. The van der Waals surface area contributed by atoms with Crippen molar-refractivity contribution < 1.29 is 23.7 Å². The summed E-state index contributed by atoms with van der Waals surface area (Å²) in [5.41, 5.74) is 1.13. The van der Waals surface area contributed by atoms with Crippen molar-refractivity contribution >= 4 is 5.97 Å². The van der Waals surface area contributed by atoms with Gasteiger partial charge in [0.15, 0.2) is 11.5 Å². The molecule has 2 rings (SSSR count). The normalized spacial score (nSPS) is 12.3. The third-order valence-electron chi connectivity index (χ3n) is 4.44. The molecule has 5 heteroatoms. The van der Waals surface area contributed by atoms with Crippen LogP contribution in [0.15, 0.2) is 18.2 Å². The van der Waals surface area contributed by atoms with Gasteiger partial charge in [0, 0.05) is 13.5 Å². The lowest BCUT2D eigenvalue weighted by Crippen LogP contribution is -2.00. The summed E-state index contributed by atoms with van der Waals surface area (Å²) in [5.74, 6) is 1.46. The molecular weight excluding hydrogens is 332 g/mol. The van der Waals surface area contributed by atoms with Crippen molar-refractivity contribution in [3.05, 3.63) is 23.8 Å². The number of benzene rings is 1. The highest BCUT2D eigenvalue weighted by Gasteiger charge is 2.12. The zero-order chi connectivity index (χ0) is 18.5. The summed E-state index contributed by atoms with van der Waals surface area (Å²) < 4.78 is 21.3. The van der Waals surface area contributed by atoms with Crippen LogP contribution in [-0.4, -0.2) is 26.0 Å². The van der Waals surface area contributed by atoms with Gasteiger partial charge in [0.1, 0.15) is 0 Å². The highest BCUT2D eigenvalue weighted by Crippen LogP contribution is 2.32. The minimum absolute atomic E-state index is 0.176. The van der Waals surface area contributed by atoms with Gasteiger partial charge in [0.05, 0.1) is 13.2 Å². The van der Waals surface area contributed by atoms with Crippen LogP contribution in [0.5, 0.6) is 11.5 Å². The van der Waals surface area contributed by atoms with Crippen molar-refractivity contribution in [2.45, 2.75) is 71.3 Å². The molecule has 1 aliphatic heterocycles. The van der Waals surface area contributed by atoms with Gasteiger partial charge >= 0.3 is 5.97 Å². The van der Waals surface area contributed by atoms with Crippen LogP contribution in [0.4, 0.5) is 0 Å². The summed E-state index contributed by atoms with van der Waals surface area (Å²) in [6.07, 6.45) is 10.9. The van der Waals surface area contributed by atoms with Gasteiger partial charge in [-0.1, -0.05) is 51.0 Å². The van der Waals surface area contributed by atoms with E-state index in [0.29, 0.717) is 20.0 Å². The molecule has 0 atom stereocenters. The minimum Gasteiger partial charge on any atom is -0.466 e. The molecule has 0 saturated heterocycles. The number of unbranched alkanes of at least 4 members (excludes halogenated alkanes) is 8. The standard InChI is InChI=1S/C21H32O5/c1-18(22)24-14-10-8-6-4-2-3-5-7-9-13-23-16-19-11-12-20-21(15-19)26-17-25-20/h11-12,15H,2-10,13-14,16-17H2,1H3. The first kappa shape index (κ1) is 20.6. The molecule has 1 heterocycles. The predicted octanol–water partition coefficient (Wildman–Crippen LogP) is 5.01. The van der Waals surface area contributed by atoms with Crippen LogP contribution in [0.3, 0.4) is 0 Å². The molecule has 1 aliphatic rings. The second-order valence-corrected chi connectivity index (χ2v) is 6.76. The number of ether oxygens (including phenoxy) is 4. The summed E-state index contributed by atoms with van der Waals surface area (Å²) in [6.45, 7) is 3.78. The number of esters is 1. The fourth-order valence-corrected chi connectivity index (χ4v) is 2.98. The Morgan fingerprint density at radius 1 is 0.885 bits per heavy atom. The van der Waals surface area contributed by atoms with Crippen molar-refractivity contribution in [3.8, 4) is 11.5 Å². The number of carbonyl (C=O) groups is 1. The molecule has 0 aliphatic carbocycles. The smallest absolute Gasteiger partial charge is 0.302 e. The van der Waals surface area contributed by atoms with E-state index in [1.165, 1.54) is 45.4 Å². The molecule has 0 saturated carbocycles. The third-order valence-corrected chi connectivity index (χ3v) is 4.44. The molecule has 26 heavy (non-hydrogen) atoms. The minimum atomic E-state index is -0.176. The SMILES string of the molecule is CC(=O)OCCCCCCCCCCCOCc1ccc2c(c1)OCO2. The number of carbonyl (C=O) groups excluding carboxylic acids is 1. The lowest BCUT2D eigenvalue weighted by molar-refractivity contribution is -0.141. The number of fused-ring (bicyclic) bond motifs is 1. The van der Waals surface area contributed by atoms with E-state index in [1.807, 2.05) is 18.2 Å². The average molecular weight is 364 g/mol. The first-order valence-electron chi connectivity index (χ1n) is 9.85. The third kappa shape index (κ3) is 8.56. The summed E-state index contributed by atoms with van der Waals surface area (Å²) in [5, 5.41) is 0. The van der Waals surface area contributed by atoms with Crippen molar-refractivity contribution in [1.82, 2.24) is 0 Å². The van der Waals surface area contributed by atoms with Gasteiger partial charge in [-0.2, -0.15) is 0 Å². The van der Waals surface area contributed by atoms with E-state index in [2.05, 4.69) is 0 Å². The molecule has 146 valence electrons. The monoisotopic (exact) mass is 364 g/mol. The molecule has 0 radical (unpaired) electrons. The summed E-state index contributed by atoms with van der Waals surface area (Å²) in [7, 11) is 0. The summed E-state index contributed by atoms with van der Waals surface area (Å²) in [6, 6.07) is 5.96. The van der Waals surface area contributed by atoms with Gasteiger partial charge in [-0.05, 0) is 30.5 Å². The Balaban J connectivity index is 1.34. The van der Waals surface area contributed by atoms with E-state index in [-0.39, 0.29) is 5.97 Å². The Hall–Kier alpha value is -1.75. The maximum atomic E-state index is 10.6. The molecule has 0 unspecified atom stereocenters. The molecule has 0 spiro atoms. The highest BCUT2D eigenvalue weighted by molar-refractivity contribution is 5.65. The molecule has 0 fully saturated rings. The lowest BCUT2D eigenvalue weighted by Gasteiger charge is -2.06. The van der Waals surface area contributed by atoms with Gasteiger partial charge in [-0.25, -0.2) is 0 Å². The second-order valence-electron chi connectivity index (χ2n) is 6.76. The maximum absolute atomic E-state index is 10.6. The Morgan fingerprint density at radius 2 is 1.50 bits per heavy atom. The highest BCUT2D eigenvalue weighted by atomic mass is 16.7. The zero-order valence-corrected chi connectivity index (χ0v) is 16.0. The average Bonchev–Trinajstić information content (AvgIpc) is 3.09. The van der Waals surface area contributed by atoms with Gasteiger partial charge < -0.3 is 18.9 Å². The number of rotatable bonds is 14. The van der Waals surface area contributed by atoms with Crippen molar-refractivity contribution in [2.24, 2.45) is 0 Å². The van der Waals surface area contributed by atoms with E-state index in [4.69, 9.17) is 18.9 Å². The zero-order valence-electron chi connectivity index (χ0n) is 16.0. The van der Waals surface area contributed by atoms with Crippen LogP contribution in [-0.2, 0) is 20.9 Å². The van der Waals surface area contributed by atoms with Crippen LogP contribution in [0.25, 0.3) is 0 Å². The van der Waals surface area contributed by atoms with Crippen LogP contribution in [0.1, 0.15) is 70.3 Å². The van der Waals surface area contributed by atoms with Crippen LogP contribution in [0, 0.1) is 0 Å². The van der Waals surface area contributed by atoms with E-state index >= 15 is 0 Å². The molecule has 0 bridgehead atoms. The quantitative estimate of drug-likeness (QED) is 0.343. The van der Waals surface area contributed by atoms with E-state index in [1.54, 1.807) is 0 Å². The summed E-state index contributed by atoms with van der Waals surface area (Å²) >= 11 is 0. The number of hydrogen-bond acceptors (Lipinski definition) is 5. The summed E-state index contributed by atoms with van der Waals surface area (Å²) in [4.78, 5) is 10.6. The molecule has 1 aromatic carbocycles. The van der Waals surface area contributed by atoms with Crippen molar-refractivity contribution in [2.75, 3.05) is 20.0 Å². The van der Waals surface area contributed by atoms with E-state index < -0.39 is 0 Å². The van der Waals surface area contributed by atoms with E-state index in [0.717, 1.165) is 42.9 Å².